The molecule has 8 rings (SSSR count). The number of aliphatic hydroxyl groups is 1. The normalized spacial score (nSPS) is 10.5. The van der Waals surface area contributed by atoms with E-state index in [0.29, 0.717) is 47.5 Å². The van der Waals surface area contributed by atoms with Gasteiger partial charge in [0.1, 0.15) is 52.9 Å². The Kier molecular flexibility index (Phi) is 18.9. The zero-order valence-corrected chi connectivity index (χ0v) is 34.5. The number of carbonyl (C=O) groups excluding carboxylic acids is 2. The minimum Gasteiger partial charge on any atom is -0.475 e. The first-order valence-electron chi connectivity index (χ1n) is 19.2. The Bertz CT molecular complexity index is 2670. The van der Waals surface area contributed by atoms with Crippen molar-refractivity contribution in [3.63, 3.8) is 0 Å². The Hall–Kier alpha value is -8.57. The number of aromatic carboxylic acids is 3. The van der Waals surface area contributed by atoms with E-state index >= 15 is 0 Å². The van der Waals surface area contributed by atoms with E-state index < -0.39 is 29.8 Å². The van der Waals surface area contributed by atoms with Crippen molar-refractivity contribution in [3.05, 3.63) is 238 Å². The first-order valence-corrected chi connectivity index (χ1v) is 19.2. The van der Waals surface area contributed by atoms with E-state index in [-0.39, 0.29) is 46.3 Å². The van der Waals surface area contributed by atoms with Crippen LogP contribution in [0.1, 0.15) is 99.6 Å². The number of carboxylic acids is 3. The van der Waals surface area contributed by atoms with Gasteiger partial charge in [-0.15, -0.1) is 0 Å². The van der Waals surface area contributed by atoms with Gasteiger partial charge >= 0.3 is 17.9 Å². The van der Waals surface area contributed by atoms with Crippen LogP contribution in [0.25, 0.3) is 0 Å². The molecule has 0 aliphatic heterocycles. The fourth-order valence-corrected chi connectivity index (χ4v) is 5.22. The third-order valence-corrected chi connectivity index (χ3v) is 8.50. The number of aliphatic hydroxyl groups excluding tert-OH is 1. The number of hydrogen-bond acceptors (Lipinski definition) is 10. The summed E-state index contributed by atoms with van der Waals surface area (Å²) in [6.07, 6.45) is 1.91. The largest absolute Gasteiger partial charge is 0.475 e. The van der Waals surface area contributed by atoms with Crippen molar-refractivity contribution in [3.8, 4) is 0 Å². The maximum Gasteiger partial charge on any atom is 0.371 e. The van der Waals surface area contributed by atoms with E-state index in [9.17, 15) is 46.6 Å². The van der Waals surface area contributed by atoms with Gasteiger partial charge in [0.15, 0.2) is 11.5 Å². The van der Waals surface area contributed by atoms with Crippen LogP contribution in [0.3, 0.4) is 0 Å². The average Bonchev–Trinajstić information content (AvgIpc) is 4.15. The molecule has 0 aliphatic rings. The van der Waals surface area contributed by atoms with Gasteiger partial charge in [-0.1, -0.05) is 36.4 Å². The van der Waals surface area contributed by atoms with E-state index in [1.807, 2.05) is 0 Å². The average molecular weight is 911 g/mol. The van der Waals surface area contributed by atoms with Gasteiger partial charge < -0.3 is 38.1 Å². The Labute approximate surface area is 372 Å². The maximum absolute atomic E-state index is 12.7. The molecule has 4 aromatic carbocycles. The number of carboxylic acid groups (broad SMARTS) is 3. The lowest BCUT2D eigenvalue weighted by Crippen LogP contribution is -1.98. The topological polar surface area (TPSA) is 219 Å². The molecule has 4 heterocycles. The number of aldehydes is 1. The van der Waals surface area contributed by atoms with Crippen LogP contribution in [-0.2, 0) is 12.8 Å². The first kappa shape index (κ1) is 50.1. The highest BCUT2D eigenvalue weighted by Crippen LogP contribution is 2.24. The Morgan fingerprint density at radius 3 is 1.29 bits per heavy atom. The fourth-order valence-electron chi connectivity index (χ4n) is 5.22. The first-order chi connectivity index (χ1) is 31.5. The van der Waals surface area contributed by atoms with E-state index in [0.717, 1.165) is 11.1 Å². The highest BCUT2D eigenvalue weighted by molar-refractivity contribution is 5.91. The standard InChI is InChI=1S/C13H11FO2.C12H9FO4.C12H9FO3.C7H5FO.C5H4O3/c1-9(15)13-7-6-12(16-13)8-10-2-4-11(14)5-3-10;13-8-3-1-7(2-4-8)11(14)9-5-6-10(17-9)12(15)16;13-9-3-1-8(2-4-9)7-10-5-6-11(16-10)12(14)15;8-7-3-1-6(5-9)2-4-7;6-5(7)4-2-1-3-8-4/h2-7H,8H2,1H3;1-6,11,14H,(H,15,16);1-6H,7H2,(H,14,15);1-5H;1-3H,(H,6,7). The van der Waals surface area contributed by atoms with E-state index in [1.165, 1.54) is 116 Å². The van der Waals surface area contributed by atoms with Gasteiger partial charge in [-0.3, -0.25) is 9.59 Å². The van der Waals surface area contributed by atoms with Crippen molar-refractivity contribution in [1.82, 2.24) is 0 Å². The van der Waals surface area contributed by atoms with Gasteiger partial charge in [0.05, 0.1) is 6.26 Å². The van der Waals surface area contributed by atoms with Gasteiger partial charge in [0, 0.05) is 25.3 Å². The maximum atomic E-state index is 12.7. The second kappa shape index (κ2) is 24.9. The van der Waals surface area contributed by atoms with Crippen molar-refractivity contribution in [2.45, 2.75) is 25.9 Å². The molecule has 0 saturated carbocycles. The van der Waals surface area contributed by atoms with Gasteiger partial charge in [-0.25, -0.2) is 31.9 Å². The molecule has 0 aliphatic carbocycles. The minimum atomic E-state index is -1.21. The molecule has 0 fully saturated rings. The van der Waals surface area contributed by atoms with Crippen molar-refractivity contribution in [2.24, 2.45) is 0 Å². The summed E-state index contributed by atoms with van der Waals surface area (Å²) in [6.45, 7) is 1.46. The summed E-state index contributed by atoms with van der Waals surface area (Å²) in [4.78, 5) is 52.1. The van der Waals surface area contributed by atoms with Crippen LogP contribution in [0, 0.1) is 23.3 Å². The molecular weight excluding hydrogens is 873 g/mol. The molecule has 1 unspecified atom stereocenters. The van der Waals surface area contributed by atoms with Gasteiger partial charge in [-0.05, 0) is 126 Å². The summed E-state index contributed by atoms with van der Waals surface area (Å²) < 4.78 is 70.0. The third kappa shape index (κ3) is 16.6. The molecule has 0 saturated heterocycles. The number of benzene rings is 4. The lowest BCUT2D eigenvalue weighted by atomic mass is 10.1. The zero-order valence-electron chi connectivity index (χ0n) is 34.5. The predicted octanol–water partition coefficient (Wildman–Crippen LogP) is 10.7. The van der Waals surface area contributed by atoms with Crippen LogP contribution in [-0.4, -0.2) is 50.4 Å². The number of furan rings is 4. The summed E-state index contributed by atoms with van der Waals surface area (Å²) in [7, 11) is 0. The molecule has 4 N–H and O–H groups in total. The second-order valence-corrected chi connectivity index (χ2v) is 13.4. The van der Waals surface area contributed by atoms with Crippen LogP contribution >= 0.6 is 0 Å². The van der Waals surface area contributed by atoms with Crippen molar-refractivity contribution < 1.29 is 79.6 Å². The molecule has 0 radical (unpaired) electrons. The number of rotatable bonds is 11. The number of carbonyl (C=O) groups is 5. The van der Waals surface area contributed by atoms with Crippen LogP contribution in [0.4, 0.5) is 17.6 Å². The van der Waals surface area contributed by atoms with Gasteiger partial charge in [-0.2, -0.15) is 0 Å². The van der Waals surface area contributed by atoms with E-state index in [4.69, 9.17) is 28.6 Å². The van der Waals surface area contributed by atoms with E-state index in [2.05, 4.69) is 4.42 Å². The predicted molar refractivity (Wildman–Crippen MR) is 226 cm³/mol. The van der Waals surface area contributed by atoms with Crippen LogP contribution in [0.2, 0.25) is 0 Å². The van der Waals surface area contributed by atoms with E-state index in [1.54, 1.807) is 42.5 Å². The summed E-state index contributed by atoms with van der Waals surface area (Å²) >= 11 is 0. The molecule has 1 atom stereocenters. The number of ketones is 1. The minimum absolute atomic E-state index is 0.0231. The fraction of sp³-hybridized carbons (Fsp3) is 0.0816. The number of hydrogen-bond donors (Lipinski definition) is 4. The SMILES string of the molecule is CC(=O)c1ccc(Cc2ccc(F)cc2)o1.O=C(O)c1ccc(C(O)c2ccc(F)cc2)o1.O=C(O)c1ccc(Cc2ccc(F)cc2)o1.O=C(O)c1ccco1.O=Cc1ccc(F)cc1. The molecule has 0 spiro atoms. The smallest absolute Gasteiger partial charge is 0.371 e. The lowest BCUT2D eigenvalue weighted by Gasteiger charge is -2.07. The molecule has 66 heavy (non-hydrogen) atoms. The van der Waals surface area contributed by atoms with Crippen LogP contribution < -0.4 is 0 Å². The number of halogens is 4. The van der Waals surface area contributed by atoms with Gasteiger partial charge in [0.2, 0.25) is 17.3 Å². The van der Waals surface area contributed by atoms with Crippen LogP contribution in [0.5, 0.6) is 0 Å². The molecule has 8 aromatic rings. The van der Waals surface area contributed by atoms with Crippen molar-refractivity contribution >= 4 is 30.0 Å². The highest BCUT2D eigenvalue weighted by Gasteiger charge is 2.17. The molecule has 0 bridgehead atoms. The molecule has 0 amide bonds. The van der Waals surface area contributed by atoms with Crippen molar-refractivity contribution in [1.29, 1.82) is 0 Å². The Morgan fingerprint density at radius 2 is 0.924 bits per heavy atom. The Balaban J connectivity index is 0.000000185. The molecule has 13 nitrogen and oxygen atoms in total. The molecule has 17 heteroatoms. The molecule has 340 valence electrons. The van der Waals surface area contributed by atoms with Crippen LogP contribution in [0.15, 0.2) is 170 Å². The Morgan fingerprint density at radius 1 is 0.515 bits per heavy atom. The molecular formula is C49H38F4O13. The quantitative estimate of drug-likeness (QED) is 0.0540. The number of Topliss-reactive ketones (excluding diaryl/α,β-unsaturated/α-hetero) is 1. The van der Waals surface area contributed by atoms with Gasteiger partial charge in [0.25, 0.3) is 0 Å². The molecule has 4 aromatic heterocycles. The summed E-state index contributed by atoms with van der Waals surface area (Å²) in [5.41, 5.74) is 2.74. The third-order valence-electron chi connectivity index (χ3n) is 8.50. The highest BCUT2D eigenvalue weighted by atomic mass is 19.1. The second-order valence-electron chi connectivity index (χ2n) is 13.4. The lowest BCUT2D eigenvalue weighted by molar-refractivity contribution is 0.0646. The van der Waals surface area contributed by atoms with Crippen molar-refractivity contribution in [2.75, 3.05) is 0 Å². The summed E-state index contributed by atoms with van der Waals surface area (Å²) in [5.74, 6) is -3.35. The monoisotopic (exact) mass is 910 g/mol. The summed E-state index contributed by atoms with van der Waals surface area (Å²) in [6, 6.07) is 34.8. The summed E-state index contributed by atoms with van der Waals surface area (Å²) in [5, 5.41) is 35.4. The zero-order chi connectivity index (χ0) is 48.2.